The standard InChI is InChI=1S/C33H39N5O3/c1-23(2)16-19-37-29-15-14-25(32(39)41-4)22-28(29)35-31(37)26-12-8-13-27-30(26)38(20-17-24-10-6-5-7-11-24)33(36-27)34-18-9-21-40-3/h5-8,10-15,22-23H,9,16-21H2,1-4H3,(H,34,36). The summed E-state index contributed by atoms with van der Waals surface area (Å²) in [7, 11) is 3.12. The molecule has 8 heteroatoms. The Bertz CT molecular complexity index is 1620. The van der Waals surface area contributed by atoms with Crippen LogP contribution in [0, 0.1) is 5.92 Å². The Morgan fingerprint density at radius 1 is 0.927 bits per heavy atom. The SMILES string of the molecule is COCCCNc1nc2cccc(-c3nc4cc(C(=O)OC)ccc4n3CCC(C)C)c2n1CCc1ccccc1. The summed E-state index contributed by atoms with van der Waals surface area (Å²) < 4.78 is 14.8. The van der Waals surface area contributed by atoms with E-state index in [0.29, 0.717) is 18.1 Å². The number of benzene rings is 3. The van der Waals surface area contributed by atoms with Crippen LogP contribution in [0.3, 0.4) is 0 Å². The highest BCUT2D eigenvalue weighted by Gasteiger charge is 2.21. The van der Waals surface area contributed by atoms with Crippen LogP contribution in [-0.4, -0.2) is 52.4 Å². The number of imidazole rings is 2. The summed E-state index contributed by atoms with van der Waals surface area (Å²) in [5, 5.41) is 3.55. The van der Waals surface area contributed by atoms with E-state index in [9.17, 15) is 4.79 Å². The molecule has 2 aromatic heterocycles. The fourth-order valence-corrected chi connectivity index (χ4v) is 5.21. The van der Waals surface area contributed by atoms with Gasteiger partial charge in [-0.1, -0.05) is 50.2 Å². The van der Waals surface area contributed by atoms with Crippen LogP contribution in [0.5, 0.6) is 0 Å². The van der Waals surface area contributed by atoms with Crippen molar-refractivity contribution in [3.05, 3.63) is 77.9 Å². The second-order valence-electron chi connectivity index (χ2n) is 10.7. The van der Waals surface area contributed by atoms with E-state index >= 15 is 0 Å². The molecule has 5 rings (SSSR count). The Morgan fingerprint density at radius 2 is 1.76 bits per heavy atom. The molecule has 0 aliphatic rings. The minimum absolute atomic E-state index is 0.365. The van der Waals surface area contributed by atoms with Crippen molar-refractivity contribution in [3.63, 3.8) is 0 Å². The zero-order valence-corrected chi connectivity index (χ0v) is 24.4. The average molecular weight is 554 g/mol. The minimum Gasteiger partial charge on any atom is -0.465 e. The summed E-state index contributed by atoms with van der Waals surface area (Å²) in [5.41, 5.74) is 6.53. The van der Waals surface area contributed by atoms with Gasteiger partial charge in [0.1, 0.15) is 5.82 Å². The molecule has 0 unspecified atom stereocenters. The lowest BCUT2D eigenvalue weighted by molar-refractivity contribution is 0.0601. The smallest absolute Gasteiger partial charge is 0.337 e. The summed E-state index contributed by atoms with van der Waals surface area (Å²) >= 11 is 0. The molecule has 1 N–H and O–H groups in total. The Kier molecular flexibility index (Phi) is 8.99. The molecule has 0 spiro atoms. The molecule has 0 bridgehead atoms. The zero-order chi connectivity index (χ0) is 28.8. The van der Waals surface area contributed by atoms with Crippen LogP contribution in [0.4, 0.5) is 5.95 Å². The van der Waals surface area contributed by atoms with Gasteiger partial charge in [0.25, 0.3) is 0 Å². The summed E-state index contributed by atoms with van der Waals surface area (Å²) in [4.78, 5) is 22.4. The van der Waals surface area contributed by atoms with Gasteiger partial charge in [-0.2, -0.15) is 0 Å². The Labute approximate surface area is 241 Å². The first kappa shape index (κ1) is 28.4. The van der Waals surface area contributed by atoms with E-state index < -0.39 is 0 Å². The number of esters is 1. The topological polar surface area (TPSA) is 83.2 Å². The fourth-order valence-electron chi connectivity index (χ4n) is 5.21. The third-order valence-corrected chi connectivity index (χ3v) is 7.38. The molecule has 3 aromatic carbocycles. The maximum atomic E-state index is 12.3. The quantitative estimate of drug-likeness (QED) is 0.131. The van der Waals surface area contributed by atoms with Gasteiger partial charge in [-0.05, 0) is 61.1 Å². The van der Waals surface area contributed by atoms with Crippen LogP contribution in [0.2, 0.25) is 0 Å². The van der Waals surface area contributed by atoms with Crippen molar-refractivity contribution < 1.29 is 14.3 Å². The van der Waals surface area contributed by atoms with Crippen LogP contribution >= 0.6 is 0 Å². The molecule has 2 heterocycles. The highest BCUT2D eigenvalue weighted by molar-refractivity contribution is 5.97. The minimum atomic E-state index is -0.365. The molecule has 0 saturated carbocycles. The molecule has 0 saturated heterocycles. The number of para-hydroxylation sites is 1. The maximum Gasteiger partial charge on any atom is 0.337 e. The van der Waals surface area contributed by atoms with E-state index in [2.05, 4.69) is 64.7 Å². The molecule has 0 amide bonds. The maximum absolute atomic E-state index is 12.3. The van der Waals surface area contributed by atoms with E-state index in [1.807, 2.05) is 30.3 Å². The van der Waals surface area contributed by atoms with Crippen molar-refractivity contribution in [2.24, 2.45) is 5.92 Å². The normalized spacial score (nSPS) is 11.5. The number of hydrogen-bond acceptors (Lipinski definition) is 6. The summed E-state index contributed by atoms with van der Waals surface area (Å²) in [6, 6.07) is 22.4. The van der Waals surface area contributed by atoms with Crippen LogP contribution in [0.25, 0.3) is 33.5 Å². The molecule has 214 valence electrons. The number of nitrogens with one attached hydrogen (secondary N) is 1. The molecular formula is C33H39N5O3. The lowest BCUT2D eigenvalue weighted by Gasteiger charge is -2.15. The number of carbonyl (C=O) groups excluding carboxylic acids is 1. The van der Waals surface area contributed by atoms with Crippen molar-refractivity contribution in [2.75, 3.05) is 32.7 Å². The number of aryl methyl sites for hydroxylation is 3. The van der Waals surface area contributed by atoms with Gasteiger partial charge in [0, 0.05) is 38.9 Å². The summed E-state index contributed by atoms with van der Waals surface area (Å²) in [6.45, 7) is 7.50. The van der Waals surface area contributed by atoms with Crippen LogP contribution < -0.4 is 5.32 Å². The fraction of sp³-hybridized carbons (Fsp3) is 0.364. The van der Waals surface area contributed by atoms with E-state index in [-0.39, 0.29) is 5.97 Å². The number of methoxy groups -OCH3 is 2. The average Bonchev–Trinajstić information content (AvgIpc) is 3.54. The number of fused-ring (bicyclic) bond motifs is 2. The Balaban J connectivity index is 1.65. The first-order chi connectivity index (χ1) is 20.0. The van der Waals surface area contributed by atoms with E-state index in [1.165, 1.54) is 12.7 Å². The van der Waals surface area contributed by atoms with E-state index in [0.717, 1.165) is 78.3 Å². The summed E-state index contributed by atoms with van der Waals surface area (Å²) in [6.07, 6.45) is 2.77. The zero-order valence-electron chi connectivity index (χ0n) is 24.4. The number of hydrogen-bond donors (Lipinski definition) is 1. The van der Waals surface area contributed by atoms with Gasteiger partial charge >= 0.3 is 5.97 Å². The number of aromatic nitrogens is 4. The lowest BCUT2D eigenvalue weighted by atomic mass is 10.1. The number of nitrogens with zero attached hydrogens (tertiary/aromatic N) is 4. The van der Waals surface area contributed by atoms with Crippen molar-refractivity contribution in [3.8, 4) is 11.4 Å². The molecule has 5 aromatic rings. The molecule has 0 atom stereocenters. The summed E-state index contributed by atoms with van der Waals surface area (Å²) in [5.74, 6) is 1.89. The lowest BCUT2D eigenvalue weighted by Crippen LogP contribution is -2.12. The van der Waals surface area contributed by atoms with E-state index in [4.69, 9.17) is 19.4 Å². The Morgan fingerprint density at radius 3 is 2.51 bits per heavy atom. The predicted octanol–water partition coefficient (Wildman–Crippen LogP) is 6.58. The first-order valence-corrected chi connectivity index (χ1v) is 14.3. The second-order valence-corrected chi connectivity index (χ2v) is 10.7. The number of carbonyl (C=O) groups is 1. The van der Waals surface area contributed by atoms with Gasteiger partial charge in [0.15, 0.2) is 0 Å². The monoisotopic (exact) mass is 553 g/mol. The number of ether oxygens (including phenoxy) is 2. The Hall–Kier alpha value is -4.17. The van der Waals surface area contributed by atoms with Gasteiger partial charge < -0.3 is 23.9 Å². The molecular weight excluding hydrogens is 514 g/mol. The molecule has 41 heavy (non-hydrogen) atoms. The molecule has 0 fully saturated rings. The highest BCUT2D eigenvalue weighted by atomic mass is 16.5. The van der Waals surface area contributed by atoms with Crippen LogP contribution in [0.15, 0.2) is 66.7 Å². The number of rotatable bonds is 13. The highest BCUT2D eigenvalue weighted by Crippen LogP contribution is 2.34. The molecule has 0 radical (unpaired) electrons. The largest absolute Gasteiger partial charge is 0.465 e. The second kappa shape index (κ2) is 13.0. The predicted molar refractivity (Wildman–Crippen MR) is 164 cm³/mol. The van der Waals surface area contributed by atoms with Gasteiger partial charge in [-0.15, -0.1) is 0 Å². The van der Waals surface area contributed by atoms with Crippen LogP contribution in [0.1, 0.15) is 42.6 Å². The van der Waals surface area contributed by atoms with Crippen molar-refractivity contribution in [1.82, 2.24) is 19.1 Å². The third kappa shape index (κ3) is 6.28. The van der Waals surface area contributed by atoms with Crippen molar-refractivity contribution in [2.45, 2.75) is 46.2 Å². The van der Waals surface area contributed by atoms with E-state index in [1.54, 1.807) is 7.11 Å². The molecule has 0 aliphatic carbocycles. The molecule has 8 nitrogen and oxygen atoms in total. The van der Waals surface area contributed by atoms with Gasteiger partial charge in [0.2, 0.25) is 5.95 Å². The van der Waals surface area contributed by atoms with Crippen LogP contribution in [-0.2, 0) is 29.0 Å². The van der Waals surface area contributed by atoms with Gasteiger partial charge in [-0.3, -0.25) is 0 Å². The van der Waals surface area contributed by atoms with Crippen molar-refractivity contribution >= 4 is 34.0 Å². The third-order valence-electron chi connectivity index (χ3n) is 7.38. The van der Waals surface area contributed by atoms with Crippen molar-refractivity contribution in [1.29, 1.82) is 0 Å². The molecule has 0 aliphatic heterocycles. The first-order valence-electron chi connectivity index (χ1n) is 14.3. The van der Waals surface area contributed by atoms with Gasteiger partial charge in [-0.25, -0.2) is 14.8 Å². The number of anilines is 1. The van der Waals surface area contributed by atoms with Gasteiger partial charge in [0.05, 0.1) is 34.7 Å².